The minimum Gasteiger partial charge on any atom is -0.493 e. The van der Waals surface area contributed by atoms with Gasteiger partial charge in [0.1, 0.15) is 6.10 Å². The summed E-state index contributed by atoms with van der Waals surface area (Å²) in [6.45, 7) is 5.05. The predicted octanol–water partition coefficient (Wildman–Crippen LogP) is 2.88. The molecule has 2 unspecified atom stereocenters. The molecule has 0 aromatic heterocycles. The summed E-state index contributed by atoms with van der Waals surface area (Å²) in [5.74, 6) is 1.45. The van der Waals surface area contributed by atoms with Crippen molar-refractivity contribution in [2.24, 2.45) is 0 Å². The Morgan fingerprint density at radius 1 is 1.24 bits per heavy atom. The first-order valence-corrected chi connectivity index (χ1v) is 7.85. The fraction of sp³-hybridized carbons (Fsp3) is 0.647. The summed E-state index contributed by atoms with van der Waals surface area (Å²) in [5.41, 5.74) is 1.16. The van der Waals surface area contributed by atoms with Crippen LogP contribution < -0.4 is 14.8 Å². The molecule has 2 N–H and O–H groups in total. The van der Waals surface area contributed by atoms with Crippen LogP contribution in [0.1, 0.15) is 45.1 Å². The Balaban J connectivity index is 2.09. The standard InChI is InChI=1S/C17H27NO3/c1-12(2)18-11-13-8-9-16(20-3)17(10-13)21-15-7-5-4-6-14(15)19/h8-10,12,14-15,18-19H,4-7,11H2,1-3H3. The molecule has 2 rings (SSSR count). The van der Waals surface area contributed by atoms with Crippen molar-refractivity contribution in [1.82, 2.24) is 5.32 Å². The lowest BCUT2D eigenvalue weighted by atomic mass is 9.95. The molecule has 4 heteroatoms. The molecule has 0 bridgehead atoms. The predicted molar refractivity (Wildman–Crippen MR) is 83.9 cm³/mol. The number of ether oxygens (including phenoxy) is 2. The van der Waals surface area contributed by atoms with E-state index in [4.69, 9.17) is 9.47 Å². The number of rotatable bonds is 6. The fourth-order valence-corrected chi connectivity index (χ4v) is 2.62. The lowest BCUT2D eigenvalue weighted by Gasteiger charge is -2.29. The molecular weight excluding hydrogens is 266 g/mol. The number of nitrogens with one attached hydrogen (secondary N) is 1. The molecule has 1 aliphatic rings. The molecule has 1 aromatic carbocycles. The lowest BCUT2D eigenvalue weighted by molar-refractivity contribution is 0.00564. The van der Waals surface area contributed by atoms with Gasteiger partial charge in [-0.15, -0.1) is 0 Å². The number of methoxy groups -OCH3 is 1. The Bertz CT molecular complexity index is 448. The smallest absolute Gasteiger partial charge is 0.162 e. The Kier molecular flexibility index (Phi) is 5.88. The first-order valence-electron chi connectivity index (χ1n) is 7.85. The highest BCUT2D eigenvalue weighted by atomic mass is 16.5. The highest BCUT2D eigenvalue weighted by molar-refractivity contribution is 5.43. The van der Waals surface area contributed by atoms with E-state index in [1.165, 1.54) is 0 Å². The zero-order valence-electron chi connectivity index (χ0n) is 13.3. The zero-order valence-corrected chi connectivity index (χ0v) is 13.3. The summed E-state index contributed by atoms with van der Waals surface area (Å²) in [6.07, 6.45) is 3.41. The summed E-state index contributed by atoms with van der Waals surface area (Å²) in [7, 11) is 1.64. The van der Waals surface area contributed by atoms with E-state index < -0.39 is 0 Å². The highest BCUT2D eigenvalue weighted by Gasteiger charge is 2.25. The van der Waals surface area contributed by atoms with E-state index in [-0.39, 0.29) is 12.2 Å². The van der Waals surface area contributed by atoms with Gasteiger partial charge in [0, 0.05) is 12.6 Å². The molecular formula is C17H27NO3. The van der Waals surface area contributed by atoms with Gasteiger partial charge in [-0.1, -0.05) is 26.3 Å². The molecule has 0 aliphatic heterocycles. The first-order chi connectivity index (χ1) is 10.1. The van der Waals surface area contributed by atoms with Crippen molar-refractivity contribution in [2.75, 3.05) is 7.11 Å². The van der Waals surface area contributed by atoms with Gasteiger partial charge in [-0.25, -0.2) is 0 Å². The third-order valence-electron chi connectivity index (χ3n) is 3.89. The summed E-state index contributed by atoms with van der Waals surface area (Å²) in [6, 6.07) is 6.42. The van der Waals surface area contributed by atoms with E-state index in [1.54, 1.807) is 7.11 Å². The van der Waals surface area contributed by atoms with Crippen LogP contribution in [0.3, 0.4) is 0 Å². The maximum Gasteiger partial charge on any atom is 0.162 e. The van der Waals surface area contributed by atoms with E-state index >= 15 is 0 Å². The van der Waals surface area contributed by atoms with Gasteiger partial charge in [0.05, 0.1) is 13.2 Å². The van der Waals surface area contributed by atoms with E-state index in [1.807, 2.05) is 18.2 Å². The Hall–Kier alpha value is -1.26. The monoisotopic (exact) mass is 293 g/mol. The number of hydrogen-bond donors (Lipinski definition) is 2. The summed E-state index contributed by atoms with van der Waals surface area (Å²) < 4.78 is 11.4. The highest BCUT2D eigenvalue weighted by Crippen LogP contribution is 2.32. The van der Waals surface area contributed by atoms with Crippen molar-refractivity contribution >= 4 is 0 Å². The maximum atomic E-state index is 10.1. The molecule has 118 valence electrons. The summed E-state index contributed by atoms with van der Waals surface area (Å²) in [5, 5.41) is 13.5. The normalized spacial score (nSPS) is 22.3. The summed E-state index contributed by atoms with van der Waals surface area (Å²) in [4.78, 5) is 0. The number of aliphatic hydroxyl groups excluding tert-OH is 1. The molecule has 0 amide bonds. The van der Waals surface area contributed by atoms with Crippen LogP contribution in [0.25, 0.3) is 0 Å². The number of hydrogen-bond acceptors (Lipinski definition) is 4. The van der Waals surface area contributed by atoms with Crippen LogP contribution in [0.5, 0.6) is 11.5 Å². The second-order valence-corrected chi connectivity index (χ2v) is 6.03. The molecule has 1 saturated carbocycles. The van der Waals surface area contributed by atoms with E-state index in [0.717, 1.165) is 49.3 Å². The number of benzene rings is 1. The lowest BCUT2D eigenvalue weighted by Crippen LogP contribution is -2.34. The van der Waals surface area contributed by atoms with Crippen molar-refractivity contribution in [3.63, 3.8) is 0 Å². The number of aliphatic hydroxyl groups is 1. The average molecular weight is 293 g/mol. The fourth-order valence-electron chi connectivity index (χ4n) is 2.62. The van der Waals surface area contributed by atoms with Crippen LogP contribution in [-0.4, -0.2) is 30.5 Å². The largest absolute Gasteiger partial charge is 0.493 e. The van der Waals surface area contributed by atoms with Crippen molar-refractivity contribution in [3.05, 3.63) is 23.8 Å². The quantitative estimate of drug-likeness (QED) is 0.847. The molecule has 0 radical (unpaired) electrons. The molecule has 1 aliphatic carbocycles. The van der Waals surface area contributed by atoms with Crippen LogP contribution >= 0.6 is 0 Å². The van der Waals surface area contributed by atoms with Crippen LogP contribution in [0.15, 0.2) is 18.2 Å². The van der Waals surface area contributed by atoms with E-state index in [2.05, 4.69) is 19.2 Å². The molecule has 21 heavy (non-hydrogen) atoms. The molecule has 2 atom stereocenters. The van der Waals surface area contributed by atoms with E-state index in [0.29, 0.717) is 6.04 Å². The third-order valence-corrected chi connectivity index (χ3v) is 3.89. The molecule has 1 aromatic rings. The minimum atomic E-state index is -0.374. The average Bonchev–Trinajstić information content (AvgIpc) is 2.47. The van der Waals surface area contributed by atoms with Crippen molar-refractivity contribution in [3.8, 4) is 11.5 Å². The molecule has 1 fully saturated rings. The SMILES string of the molecule is COc1ccc(CNC(C)C)cc1OC1CCCCC1O. The van der Waals surface area contributed by atoms with Crippen molar-refractivity contribution in [1.29, 1.82) is 0 Å². The van der Waals surface area contributed by atoms with Crippen molar-refractivity contribution < 1.29 is 14.6 Å². The van der Waals surface area contributed by atoms with E-state index in [9.17, 15) is 5.11 Å². The van der Waals surface area contributed by atoms with Gasteiger partial charge in [-0.05, 0) is 37.0 Å². The third kappa shape index (κ3) is 4.61. The molecule has 0 spiro atoms. The maximum absolute atomic E-state index is 10.1. The van der Waals surface area contributed by atoms with Gasteiger partial charge in [-0.3, -0.25) is 0 Å². The summed E-state index contributed by atoms with van der Waals surface area (Å²) >= 11 is 0. The van der Waals surface area contributed by atoms with Gasteiger partial charge in [0.2, 0.25) is 0 Å². The second kappa shape index (κ2) is 7.66. The Morgan fingerprint density at radius 2 is 2.00 bits per heavy atom. The van der Waals surface area contributed by atoms with Crippen molar-refractivity contribution in [2.45, 2.75) is 64.3 Å². The van der Waals surface area contributed by atoms with Crippen LogP contribution in [0, 0.1) is 0 Å². The molecule has 0 heterocycles. The zero-order chi connectivity index (χ0) is 15.2. The van der Waals surface area contributed by atoms with Crippen LogP contribution in [0.4, 0.5) is 0 Å². The van der Waals surface area contributed by atoms with Gasteiger partial charge in [-0.2, -0.15) is 0 Å². The molecule has 4 nitrogen and oxygen atoms in total. The topological polar surface area (TPSA) is 50.7 Å². The first kappa shape index (κ1) is 16.1. The van der Waals surface area contributed by atoms with Gasteiger partial charge < -0.3 is 19.9 Å². The van der Waals surface area contributed by atoms with Crippen LogP contribution in [0.2, 0.25) is 0 Å². The molecule has 0 saturated heterocycles. The minimum absolute atomic E-state index is 0.124. The second-order valence-electron chi connectivity index (χ2n) is 6.03. The Labute approximate surface area is 127 Å². The van der Waals surface area contributed by atoms with Gasteiger partial charge in [0.25, 0.3) is 0 Å². The van der Waals surface area contributed by atoms with Crippen LogP contribution in [-0.2, 0) is 6.54 Å². The van der Waals surface area contributed by atoms with Gasteiger partial charge in [0.15, 0.2) is 11.5 Å². The van der Waals surface area contributed by atoms with Gasteiger partial charge >= 0.3 is 0 Å². The Morgan fingerprint density at radius 3 is 2.67 bits per heavy atom.